The van der Waals surface area contributed by atoms with Gasteiger partial charge in [0.25, 0.3) is 5.91 Å². The fourth-order valence-electron chi connectivity index (χ4n) is 1.04. The fraction of sp³-hybridized carbons (Fsp3) is 0.300. The van der Waals surface area contributed by atoms with Gasteiger partial charge in [0.1, 0.15) is 11.7 Å². The third-order valence-electron chi connectivity index (χ3n) is 2.00. The molecule has 1 amide bonds. The van der Waals surface area contributed by atoms with Crippen LogP contribution in [-0.2, 0) is 4.79 Å². The summed E-state index contributed by atoms with van der Waals surface area (Å²) < 4.78 is 1.23. The number of nitrogens with zero attached hydrogens (tertiary/aromatic N) is 2. The van der Waals surface area contributed by atoms with Crippen LogP contribution in [0.15, 0.2) is 24.9 Å². The summed E-state index contributed by atoms with van der Waals surface area (Å²) in [6, 6.07) is 0.679. The topological polar surface area (TPSA) is 84.2 Å². The number of carbonyl (C=O) groups excluding carboxylic acids is 1. The van der Waals surface area contributed by atoms with Crippen molar-refractivity contribution in [1.82, 2.24) is 15.1 Å². The highest BCUT2D eigenvalue weighted by Crippen LogP contribution is 2.05. The Morgan fingerprint density at radius 1 is 1.75 bits per heavy atom. The Bertz CT molecular complexity index is 411. The third kappa shape index (κ3) is 2.69. The smallest absolute Gasteiger partial charge is 0.328 e. The lowest BCUT2D eigenvalue weighted by molar-refractivity contribution is -0.140. The van der Waals surface area contributed by atoms with Gasteiger partial charge in [-0.2, -0.15) is 5.10 Å². The minimum Gasteiger partial charge on any atom is -0.480 e. The van der Waals surface area contributed by atoms with E-state index in [1.807, 2.05) is 0 Å². The molecule has 86 valence electrons. The first-order chi connectivity index (χ1) is 7.56. The summed E-state index contributed by atoms with van der Waals surface area (Å²) in [6.07, 6.45) is 3.01. The van der Waals surface area contributed by atoms with Crippen molar-refractivity contribution < 1.29 is 14.7 Å². The van der Waals surface area contributed by atoms with Gasteiger partial charge in [-0.3, -0.25) is 9.48 Å². The predicted molar refractivity (Wildman–Crippen MR) is 57.1 cm³/mol. The molecule has 1 aromatic heterocycles. The Morgan fingerprint density at radius 2 is 2.44 bits per heavy atom. The van der Waals surface area contributed by atoms with Crippen molar-refractivity contribution in [3.05, 3.63) is 30.6 Å². The minimum absolute atomic E-state index is 0.190. The predicted octanol–water partition coefficient (Wildman–Crippen LogP) is 0.444. The van der Waals surface area contributed by atoms with E-state index in [0.29, 0.717) is 6.54 Å². The molecular formula is C10H13N3O3. The van der Waals surface area contributed by atoms with E-state index in [1.54, 1.807) is 6.08 Å². The van der Waals surface area contributed by atoms with Gasteiger partial charge >= 0.3 is 5.97 Å². The summed E-state index contributed by atoms with van der Waals surface area (Å²) in [5.41, 5.74) is 0.190. The van der Waals surface area contributed by atoms with Crippen molar-refractivity contribution in [2.75, 3.05) is 6.54 Å². The molecule has 0 saturated carbocycles. The number of carbonyl (C=O) groups is 2. The van der Waals surface area contributed by atoms with Gasteiger partial charge < -0.3 is 10.4 Å². The van der Waals surface area contributed by atoms with Crippen LogP contribution in [0.3, 0.4) is 0 Å². The van der Waals surface area contributed by atoms with Crippen LogP contribution in [0.5, 0.6) is 0 Å². The molecule has 6 nitrogen and oxygen atoms in total. The Hall–Kier alpha value is -2.11. The van der Waals surface area contributed by atoms with Gasteiger partial charge in [-0.05, 0) is 13.0 Å². The van der Waals surface area contributed by atoms with E-state index in [9.17, 15) is 9.59 Å². The molecule has 1 rings (SSSR count). The highest BCUT2D eigenvalue weighted by Gasteiger charge is 2.16. The third-order valence-corrected chi connectivity index (χ3v) is 2.00. The van der Waals surface area contributed by atoms with Gasteiger partial charge in [-0.15, -0.1) is 6.58 Å². The summed E-state index contributed by atoms with van der Waals surface area (Å²) in [7, 11) is 0. The van der Waals surface area contributed by atoms with Crippen molar-refractivity contribution in [2.24, 2.45) is 0 Å². The maximum atomic E-state index is 11.4. The van der Waals surface area contributed by atoms with Gasteiger partial charge in [0, 0.05) is 12.7 Å². The average Bonchev–Trinajstić information content (AvgIpc) is 2.73. The van der Waals surface area contributed by atoms with Crippen LogP contribution in [0.2, 0.25) is 0 Å². The van der Waals surface area contributed by atoms with E-state index >= 15 is 0 Å². The molecule has 0 radical (unpaired) electrons. The highest BCUT2D eigenvalue weighted by molar-refractivity contribution is 5.92. The maximum Gasteiger partial charge on any atom is 0.328 e. The van der Waals surface area contributed by atoms with E-state index in [-0.39, 0.29) is 11.6 Å². The molecule has 1 aromatic rings. The normalized spacial score (nSPS) is 11.8. The van der Waals surface area contributed by atoms with Crippen LogP contribution in [-0.4, -0.2) is 33.3 Å². The summed E-state index contributed by atoms with van der Waals surface area (Å²) >= 11 is 0. The van der Waals surface area contributed by atoms with E-state index < -0.39 is 12.0 Å². The van der Waals surface area contributed by atoms with E-state index in [1.165, 1.54) is 23.9 Å². The second-order valence-corrected chi connectivity index (χ2v) is 3.19. The molecule has 0 aromatic carbocycles. The largest absolute Gasteiger partial charge is 0.480 e. The van der Waals surface area contributed by atoms with E-state index in [0.717, 1.165) is 0 Å². The molecular weight excluding hydrogens is 210 g/mol. The van der Waals surface area contributed by atoms with Gasteiger partial charge in [0.2, 0.25) is 0 Å². The average molecular weight is 223 g/mol. The number of nitrogens with one attached hydrogen (secondary N) is 1. The van der Waals surface area contributed by atoms with Gasteiger partial charge in [0.05, 0.1) is 0 Å². The zero-order chi connectivity index (χ0) is 12.1. The lowest BCUT2D eigenvalue weighted by Gasteiger charge is -2.05. The Balaban J connectivity index is 2.74. The molecule has 0 aliphatic heterocycles. The van der Waals surface area contributed by atoms with Crippen LogP contribution in [0.4, 0.5) is 0 Å². The molecule has 1 unspecified atom stereocenters. The molecule has 0 bridgehead atoms. The van der Waals surface area contributed by atoms with Gasteiger partial charge in [0.15, 0.2) is 0 Å². The van der Waals surface area contributed by atoms with Crippen molar-refractivity contribution in [3.63, 3.8) is 0 Å². The SMILES string of the molecule is C=CCNC(=O)c1ccn(C(C)C(=O)O)n1. The monoisotopic (exact) mass is 223 g/mol. The summed E-state index contributed by atoms with van der Waals surface area (Å²) in [5.74, 6) is -1.35. The van der Waals surface area contributed by atoms with Crippen molar-refractivity contribution in [3.8, 4) is 0 Å². The summed E-state index contributed by atoms with van der Waals surface area (Å²) in [4.78, 5) is 22.1. The molecule has 0 fully saturated rings. The zero-order valence-electron chi connectivity index (χ0n) is 8.88. The number of hydrogen-bond donors (Lipinski definition) is 2. The molecule has 0 aliphatic rings. The lowest BCUT2D eigenvalue weighted by Crippen LogP contribution is -2.24. The van der Waals surface area contributed by atoms with Crippen LogP contribution in [0, 0.1) is 0 Å². The Kier molecular flexibility index (Phi) is 3.82. The fourth-order valence-corrected chi connectivity index (χ4v) is 1.04. The number of carboxylic acids is 1. The lowest BCUT2D eigenvalue weighted by atomic mass is 10.3. The molecule has 6 heteroatoms. The van der Waals surface area contributed by atoms with E-state index in [2.05, 4.69) is 17.0 Å². The van der Waals surface area contributed by atoms with Gasteiger partial charge in [-0.1, -0.05) is 6.08 Å². The molecule has 0 spiro atoms. The van der Waals surface area contributed by atoms with E-state index in [4.69, 9.17) is 5.11 Å². The first-order valence-corrected chi connectivity index (χ1v) is 4.73. The summed E-state index contributed by atoms with van der Waals surface area (Å²) in [5, 5.41) is 15.2. The van der Waals surface area contributed by atoms with Crippen molar-refractivity contribution in [2.45, 2.75) is 13.0 Å². The molecule has 1 heterocycles. The highest BCUT2D eigenvalue weighted by atomic mass is 16.4. The standard InChI is InChI=1S/C10H13N3O3/c1-3-5-11-9(14)8-4-6-13(12-8)7(2)10(15)16/h3-4,6-7H,1,5H2,2H3,(H,11,14)(H,15,16). The summed E-state index contributed by atoms with van der Waals surface area (Å²) in [6.45, 7) is 5.30. The zero-order valence-corrected chi connectivity index (χ0v) is 8.88. The first-order valence-electron chi connectivity index (χ1n) is 4.73. The number of amides is 1. The van der Waals surface area contributed by atoms with Crippen LogP contribution >= 0.6 is 0 Å². The molecule has 2 N–H and O–H groups in total. The Morgan fingerprint density at radius 3 is 3.00 bits per heavy atom. The van der Waals surface area contributed by atoms with Gasteiger partial charge in [-0.25, -0.2) is 4.79 Å². The van der Waals surface area contributed by atoms with Crippen LogP contribution < -0.4 is 5.32 Å². The van der Waals surface area contributed by atoms with Crippen LogP contribution in [0.25, 0.3) is 0 Å². The molecule has 0 aliphatic carbocycles. The van der Waals surface area contributed by atoms with Crippen molar-refractivity contribution in [1.29, 1.82) is 0 Å². The number of carboxylic acid groups (broad SMARTS) is 1. The molecule has 1 atom stereocenters. The second-order valence-electron chi connectivity index (χ2n) is 3.19. The first kappa shape index (κ1) is 12.0. The number of aromatic nitrogens is 2. The maximum absolute atomic E-state index is 11.4. The second kappa shape index (κ2) is 5.11. The number of hydrogen-bond acceptors (Lipinski definition) is 3. The minimum atomic E-state index is -0.999. The Labute approximate surface area is 92.6 Å². The van der Waals surface area contributed by atoms with Crippen LogP contribution in [0.1, 0.15) is 23.5 Å². The van der Waals surface area contributed by atoms with Crippen molar-refractivity contribution >= 4 is 11.9 Å². The quantitative estimate of drug-likeness (QED) is 0.709. The molecule has 0 saturated heterocycles. The number of aliphatic carboxylic acids is 1. The molecule has 16 heavy (non-hydrogen) atoms. The number of rotatable bonds is 5.